The van der Waals surface area contributed by atoms with Gasteiger partial charge < -0.3 is 9.67 Å². The fourth-order valence-electron chi connectivity index (χ4n) is 2.05. The van der Waals surface area contributed by atoms with Gasteiger partial charge in [-0.2, -0.15) is 0 Å². The minimum absolute atomic E-state index is 0.0496. The van der Waals surface area contributed by atoms with Crippen LogP contribution in [0.4, 0.5) is 0 Å². The summed E-state index contributed by atoms with van der Waals surface area (Å²) in [5, 5.41) is 11.7. The number of carboxylic acid groups (broad SMARTS) is 1. The molecule has 1 atom stereocenters. The number of aromatic nitrogens is 1. The Kier molecular flexibility index (Phi) is 4.09. The van der Waals surface area contributed by atoms with Crippen LogP contribution in [0.15, 0.2) is 29.8 Å². The summed E-state index contributed by atoms with van der Waals surface area (Å²) in [6.45, 7) is 2.09. The number of carbonyl (C=O) groups is 1. The molecule has 0 amide bonds. The molecule has 1 N–H and O–H groups in total. The molecule has 1 unspecified atom stereocenters. The molecule has 0 spiro atoms. The van der Waals surface area contributed by atoms with E-state index in [9.17, 15) is 9.90 Å². The summed E-state index contributed by atoms with van der Waals surface area (Å²) in [7, 11) is 0. The van der Waals surface area contributed by atoms with Crippen molar-refractivity contribution in [2.45, 2.75) is 25.8 Å². The highest BCUT2D eigenvalue weighted by molar-refractivity contribution is 7.10. The highest BCUT2D eigenvalue weighted by Crippen LogP contribution is 2.30. The van der Waals surface area contributed by atoms with Crippen LogP contribution in [0.1, 0.15) is 41.2 Å². The van der Waals surface area contributed by atoms with Gasteiger partial charge in [0.2, 0.25) is 0 Å². The summed E-state index contributed by atoms with van der Waals surface area (Å²) in [5.41, 5.74) is 0.242. The molecule has 2 aromatic heterocycles. The molecule has 0 bridgehead atoms. The van der Waals surface area contributed by atoms with E-state index in [-0.39, 0.29) is 11.7 Å². The Balaban J connectivity index is 2.45. The first kappa shape index (κ1) is 13.2. The van der Waals surface area contributed by atoms with E-state index in [0.717, 1.165) is 17.7 Å². The van der Waals surface area contributed by atoms with Crippen molar-refractivity contribution in [3.8, 4) is 0 Å². The van der Waals surface area contributed by atoms with Gasteiger partial charge in [-0.15, -0.1) is 11.3 Å². The lowest BCUT2D eigenvalue weighted by Crippen LogP contribution is -2.14. The van der Waals surface area contributed by atoms with Crippen molar-refractivity contribution in [3.63, 3.8) is 0 Å². The second-order valence-corrected chi connectivity index (χ2v) is 5.49. The average molecular weight is 284 g/mol. The van der Waals surface area contributed by atoms with Gasteiger partial charge in [-0.3, -0.25) is 0 Å². The monoisotopic (exact) mass is 283 g/mol. The Morgan fingerprint density at radius 2 is 2.39 bits per heavy atom. The summed E-state index contributed by atoms with van der Waals surface area (Å²) < 4.78 is 1.76. The lowest BCUT2D eigenvalue weighted by atomic mass is 10.1. The highest BCUT2D eigenvalue weighted by Gasteiger charge is 2.20. The number of nitrogens with zero attached hydrogens (tertiary/aromatic N) is 1. The van der Waals surface area contributed by atoms with E-state index >= 15 is 0 Å². The van der Waals surface area contributed by atoms with Crippen LogP contribution in [0.25, 0.3) is 0 Å². The van der Waals surface area contributed by atoms with Gasteiger partial charge in [-0.1, -0.05) is 31.0 Å². The standard InChI is InChI=1S/C13H14ClNO2S/c1-2-4-10(12-5-3-6-18-12)15-8-9(14)7-11(15)13(16)17/h3,5-8,10H,2,4H2,1H3,(H,16,17). The molecule has 2 rings (SSSR count). The minimum Gasteiger partial charge on any atom is -0.477 e. The largest absolute Gasteiger partial charge is 0.477 e. The third-order valence-corrected chi connectivity index (χ3v) is 3.98. The molecule has 0 aliphatic carbocycles. The molecule has 18 heavy (non-hydrogen) atoms. The van der Waals surface area contributed by atoms with E-state index in [0.29, 0.717) is 5.02 Å². The Bertz CT molecular complexity index is 533. The summed E-state index contributed by atoms with van der Waals surface area (Å²) >= 11 is 7.57. The molecule has 0 saturated carbocycles. The first-order chi connectivity index (χ1) is 8.63. The van der Waals surface area contributed by atoms with Crippen LogP contribution in [-0.4, -0.2) is 15.6 Å². The van der Waals surface area contributed by atoms with Crippen molar-refractivity contribution in [1.82, 2.24) is 4.57 Å². The van der Waals surface area contributed by atoms with Gasteiger partial charge in [-0.05, 0) is 23.9 Å². The van der Waals surface area contributed by atoms with E-state index in [1.54, 1.807) is 22.1 Å². The lowest BCUT2D eigenvalue weighted by molar-refractivity contribution is 0.0683. The Labute approximate surface area is 115 Å². The number of halogens is 1. The predicted octanol–water partition coefficient (Wildman–Crippen LogP) is 4.29. The van der Waals surface area contributed by atoms with Gasteiger partial charge in [0.1, 0.15) is 5.69 Å². The molecule has 0 aliphatic heterocycles. The molecule has 0 fully saturated rings. The van der Waals surface area contributed by atoms with Crippen LogP contribution < -0.4 is 0 Å². The zero-order valence-corrected chi connectivity index (χ0v) is 11.5. The quantitative estimate of drug-likeness (QED) is 0.889. The van der Waals surface area contributed by atoms with Crippen molar-refractivity contribution in [2.75, 3.05) is 0 Å². The van der Waals surface area contributed by atoms with Gasteiger partial charge in [-0.25, -0.2) is 4.79 Å². The summed E-state index contributed by atoms with van der Waals surface area (Å²) in [6.07, 6.45) is 3.58. The van der Waals surface area contributed by atoms with E-state index < -0.39 is 5.97 Å². The second-order valence-electron chi connectivity index (χ2n) is 4.08. The number of carboxylic acids is 1. The third kappa shape index (κ3) is 2.60. The van der Waals surface area contributed by atoms with Gasteiger partial charge >= 0.3 is 5.97 Å². The van der Waals surface area contributed by atoms with Gasteiger partial charge in [0.15, 0.2) is 0 Å². The van der Waals surface area contributed by atoms with E-state index in [1.807, 2.05) is 17.5 Å². The number of aromatic carboxylic acids is 1. The average Bonchev–Trinajstić information content (AvgIpc) is 2.94. The first-order valence-electron chi connectivity index (χ1n) is 5.77. The normalized spacial score (nSPS) is 12.6. The molecule has 0 radical (unpaired) electrons. The maximum absolute atomic E-state index is 11.2. The lowest BCUT2D eigenvalue weighted by Gasteiger charge is -2.18. The molecule has 3 nitrogen and oxygen atoms in total. The second kappa shape index (κ2) is 5.59. The third-order valence-electron chi connectivity index (χ3n) is 2.80. The van der Waals surface area contributed by atoms with Crippen LogP contribution in [-0.2, 0) is 0 Å². The Morgan fingerprint density at radius 3 is 2.94 bits per heavy atom. The van der Waals surface area contributed by atoms with Gasteiger partial charge in [0.05, 0.1) is 11.1 Å². The molecule has 0 aliphatic rings. The smallest absolute Gasteiger partial charge is 0.352 e. The first-order valence-corrected chi connectivity index (χ1v) is 7.03. The van der Waals surface area contributed by atoms with Crippen LogP contribution in [0.2, 0.25) is 5.02 Å². The van der Waals surface area contributed by atoms with Gasteiger partial charge in [0.25, 0.3) is 0 Å². The maximum atomic E-state index is 11.2. The summed E-state index contributed by atoms with van der Waals surface area (Å²) in [5.74, 6) is -0.945. The molecule has 2 heterocycles. The van der Waals surface area contributed by atoms with Crippen LogP contribution in [0.5, 0.6) is 0 Å². The molecular formula is C13H14ClNO2S. The highest BCUT2D eigenvalue weighted by atomic mass is 35.5. The Hall–Kier alpha value is -1.26. The molecule has 0 saturated heterocycles. The topological polar surface area (TPSA) is 42.2 Å². The fraction of sp³-hybridized carbons (Fsp3) is 0.308. The van der Waals surface area contributed by atoms with Gasteiger partial charge in [0, 0.05) is 11.1 Å². The number of hydrogen-bond donors (Lipinski definition) is 1. The fourth-order valence-corrected chi connectivity index (χ4v) is 3.12. The summed E-state index contributed by atoms with van der Waals surface area (Å²) in [6, 6.07) is 5.56. The van der Waals surface area contributed by atoms with Crippen molar-refractivity contribution < 1.29 is 9.90 Å². The van der Waals surface area contributed by atoms with Crippen molar-refractivity contribution >= 4 is 28.9 Å². The van der Waals surface area contributed by atoms with Crippen molar-refractivity contribution in [2.24, 2.45) is 0 Å². The molecular weight excluding hydrogens is 270 g/mol. The molecule has 2 aromatic rings. The molecule has 96 valence electrons. The van der Waals surface area contributed by atoms with E-state index in [1.165, 1.54) is 6.07 Å². The maximum Gasteiger partial charge on any atom is 0.352 e. The number of rotatable bonds is 5. The summed E-state index contributed by atoms with van der Waals surface area (Å²) in [4.78, 5) is 12.4. The van der Waals surface area contributed by atoms with Crippen LogP contribution in [0.3, 0.4) is 0 Å². The number of thiophene rings is 1. The van der Waals surface area contributed by atoms with Crippen molar-refractivity contribution in [1.29, 1.82) is 0 Å². The Morgan fingerprint density at radius 1 is 1.61 bits per heavy atom. The molecule has 5 heteroatoms. The minimum atomic E-state index is -0.945. The van der Waals surface area contributed by atoms with Crippen LogP contribution in [0, 0.1) is 0 Å². The van der Waals surface area contributed by atoms with Crippen LogP contribution >= 0.6 is 22.9 Å². The predicted molar refractivity (Wildman–Crippen MR) is 73.8 cm³/mol. The van der Waals surface area contributed by atoms with E-state index in [4.69, 9.17) is 11.6 Å². The van der Waals surface area contributed by atoms with E-state index in [2.05, 4.69) is 6.92 Å². The zero-order chi connectivity index (χ0) is 13.1. The van der Waals surface area contributed by atoms with Crippen molar-refractivity contribution in [3.05, 3.63) is 45.4 Å². The zero-order valence-electron chi connectivity index (χ0n) is 9.97. The molecule has 0 aromatic carbocycles. The number of hydrogen-bond acceptors (Lipinski definition) is 2. The SMILES string of the molecule is CCCC(c1cccs1)n1cc(Cl)cc1C(=O)O.